The second-order valence-corrected chi connectivity index (χ2v) is 4.91. The van der Waals surface area contributed by atoms with Crippen molar-refractivity contribution in [3.8, 4) is 11.1 Å². The molecule has 13 heavy (non-hydrogen) atoms. The Morgan fingerprint density at radius 2 is 2.00 bits per heavy atom. The standard InChI is InChI=1S/C10H6BrFS/c11-10-5-7(6-13-10)8-3-1-2-4-9(8)12/h1-6H. The summed E-state index contributed by atoms with van der Waals surface area (Å²) in [5.41, 5.74) is 1.58. The normalized spacial score (nSPS) is 10.3. The number of hydrogen-bond acceptors (Lipinski definition) is 1. The lowest BCUT2D eigenvalue weighted by molar-refractivity contribution is 0.631. The molecule has 1 aromatic heterocycles. The number of rotatable bonds is 1. The van der Waals surface area contributed by atoms with Crippen LogP contribution in [0.3, 0.4) is 0 Å². The van der Waals surface area contributed by atoms with Crippen LogP contribution >= 0.6 is 27.3 Å². The first-order valence-electron chi connectivity index (χ1n) is 3.76. The van der Waals surface area contributed by atoms with Crippen molar-refractivity contribution in [2.24, 2.45) is 0 Å². The van der Waals surface area contributed by atoms with E-state index in [-0.39, 0.29) is 5.82 Å². The van der Waals surface area contributed by atoms with Gasteiger partial charge in [0.15, 0.2) is 0 Å². The predicted octanol–water partition coefficient (Wildman–Crippen LogP) is 4.32. The van der Waals surface area contributed by atoms with Crippen LogP contribution in [0.15, 0.2) is 39.5 Å². The van der Waals surface area contributed by atoms with Gasteiger partial charge in [0.1, 0.15) is 5.82 Å². The highest BCUT2D eigenvalue weighted by molar-refractivity contribution is 9.11. The van der Waals surface area contributed by atoms with Gasteiger partial charge in [-0.25, -0.2) is 4.39 Å². The molecule has 0 fully saturated rings. The summed E-state index contributed by atoms with van der Waals surface area (Å²) in [6.07, 6.45) is 0. The molecule has 1 heterocycles. The van der Waals surface area contributed by atoms with Crippen molar-refractivity contribution in [2.45, 2.75) is 0 Å². The molecule has 66 valence electrons. The van der Waals surface area contributed by atoms with Crippen LogP contribution in [0.5, 0.6) is 0 Å². The van der Waals surface area contributed by atoms with Gasteiger partial charge < -0.3 is 0 Å². The Hall–Kier alpha value is -0.670. The maximum Gasteiger partial charge on any atom is 0.131 e. The molecule has 0 saturated carbocycles. The fraction of sp³-hybridized carbons (Fsp3) is 0. The topological polar surface area (TPSA) is 0 Å². The molecule has 2 rings (SSSR count). The minimum Gasteiger partial charge on any atom is -0.206 e. The zero-order chi connectivity index (χ0) is 9.26. The van der Waals surface area contributed by atoms with Gasteiger partial charge in [-0.15, -0.1) is 11.3 Å². The molecule has 0 aliphatic heterocycles. The smallest absolute Gasteiger partial charge is 0.131 e. The summed E-state index contributed by atoms with van der Waals surface area (Å²) in [6, 6.07) is 8.71. The van der Waals surface area contributed by atoms with Crippen LogP contribution in [0.25, 0.3) is 11.1 Å². The van der Waals surface area contributed by atoms with Gasteiger partial charge in [-0.3, -0.25) is 0 Å². The van der Waals surface area contributed by atoms with Crippen molar-refractivity contribution >= 4 is 27.3 Å². The quantitative estimate of drug-likeness (QED) is 0.713. The van der Waals surface area contributed by atoms with Crippen molar-refractivity contribution in [1.29, 1.82) is 0 Å². The monoisotopic (exact) mass is 256 g/mol. The van der Waals surface area contributed by atoms with E-state index < -0.39 is 0 Å². The maximum absolute atomic E-state index is 13.3. The molecule has 0 amide bonds. The van der Waals surface area contributed by atoms with E-state index in [1.807, 2.05) is 17.5 Å². The second-order valence-electron chi connectivity index (χ2n) is 2.62. The Balaban J connectivity index is 2.52. The second kappa shape index (κ2) is 3.60. The van der Waals surface area contributed by atoms with Crippen molar-refractivity contribution in [3.63, 3.8) is 0 Å². The van der Waals surface area contributed by atoms with Gasteiger partial charge in [0.05, 0.1) is 3.79 Å². The lowest BCUT2D eigenvalue weighted by atomic mass is 10.1. The Bertz CT molecular complexity index is 422. The molecule has 0 nitrogen and oxygen atoms in total. The van der Waals surface area contributed by atoms with Gasteiger partial charge in [0.2, 0.25) is 0 Å². The highest BCUT2D eigenvalue weighted by Crippen LogP contribution is 2.30. The summed E-state index contributed by atoms with van der Waals surface area (Å²) in [5, 5.41) is 1.93. The maximum atomic E-state index is 13.3. The third-order valence-electron chi connectivity index (χ3n) is 1.75. The Labute approximate surface area is 88.2 Å². The molecule has 0 spiro atoms. The summed E-state index contributed by atoms with van der Waals surface area (Å²) >= 11 is 4.91. The van der Waals surface area contributed by atoms with Crippen LogP contribution in [0.2, 0.25) is 0 Å². The SMILES string of the molecule is Fc1ccccc1-c1csc(Br)c1. The first-order chi connectivity index (χ1) is 6.27. The van der Waals surface area contributed by atoms with Crippen molar-refractivity contribution in [2.75, 3.05) is 0 Å². The van der Waals surface area contributed by atoms with Crippen LogP contribution in [0.1, 0.15) is 0 Å². The minimum atomic E-state index is -0.173. The number of hydrogen-bond donors (Lipinski definition) is 0. The van der Waals surface area contributed by atoms with E-state index in [1.165, 1.54) is 6.07 Å². The molecule has 0 aliphatic rings. The summed E-state index contributed by atoms with van der Waals surface area (Å²) in [7, 11) is 0. The van der Waals surface area contributed by atoms with E-state index in [9.17, 15) is 4.39 Å². The molecular formula is C10H6BrFS. The van der Waals surface area contributed by atoms with E-state index in [2.05, 4.69) is 15.9 Å². The van der Waals surface area contributed by atoms with E-state index in [1.54, 1.807) is 23.5 Å². The molecule has 2 aromatic rings. The summed E-state index contributed by atoms with van der Waals surface area (Å²) < 4.78 is 14.3. The average molecular weight is 257 g/mol. The summed E-state index contributed by atoms with van der Waals surface area (Å²) in [5.74, 6) is -0.173. The summed E-state index contributed by atoms with van der Waals surface area (Å²) in [4.78, 5) is 0. The molecule has 3 heteroatoms. The largest absolute Gasteiger partial charge is 0.206 e. The highest BCUT2D eigenvalue weighted by Gasteiger charge is 2.04. The lowest BCUT2D eigenvalue weighted by Gasteiger charge is -1.97. The Morgan fingerprint density at radius 3 is 2.62 bits per heavy atom. The van der Waals surface area contributed by atoms with Crippen molar-refractivity contribution in [3.05, 3.63) is 45.3 Å². The van der Waals surface area contributed by atoms with E-state index >= 15 is 0 Å². The molecule has 0 atom stereocenters. The summed E-state index contributed by atoms with van der Waals surface area (Å²) in [6.45, 7) is 0. The Kier molecular flexibility index (Phi) is 2.47. The van der Waals surface area contributed by atoms with Gasteiger partial charge in [-0.2, -0.15) is 0 Å². The minimum absolute atomic E-state index is 0.173. The van der Waals surface area contributed by atoms with Gasteiger partial charge in [-0.1, -0.05) is 18.2 Å². The van der Waals surface area contributed by atoms with Gasteiger partial charge >= 0.3 is 0 Å². The third kappa shape index (κ3) is 1.81. The van der Waals surface area contributed by atoms with E-state index in [0.29, 0.717) is 5.56 Å². The van der Waals surface area contributed by atoms with Crippen LogP contribution < -0.4 is 0 Å². The van der Waals surface area contributed by atoms with Gasteiger partial charge in [0.25, 0.3) is 0 Å². The van der Waals surface area contributed by atoms with Crippen LogP contribution in [-0.4, -0.2) is 0 Å². The zero-order valence-corrected chi connectivity index (χ0v) is 9.03. The van der Waals surface area contributed by atoms with Crippen molar-refractivity contribution in [1.82, 2.24) is 0 Å². The molecule has 0 N–H and O–H groups in total. The number of thiophene rings is 1. The van der Waals surface area contributed by atoms with E-state index in [4.69, 9.17) is 0 Å². The van der Waals surface area contributed by atoms with Gasteiger partial charge in [-0.05, 0) is 39.0 Å². The zero-order valence-electron chi connectivity index (χ0n) is 6.63. The number of benzene rings is 1. The first-order valence-corrected chi connectivity index (χ1v) is 5.43. The third-order valence-corrected chi connectivity index (χ3v) is 3.26. The van der Waals surface area contributed by atoms with Gasteiger partial charge in [0, 0.05) is 5.56 Å². The van der Waals surface area contributed by atoms with Crippen molar-refractivity contribution < 1.29 is 4.39 Å². The molecular weight excluding hydrogens is 251 g/mol. The first kappa shape index (κ1) is 8.91. The molecule has 0 aliphatic carbocycles. The lowest BCUT2D eigenvalue weighted by Crippen LogP contribution is -1.79. The molecule has 0 saturated heterocycles. The molecule has 0 unspecified atom stereocenters. The predicted molar refractivity (Wildman–Crippen MR) is 57.4 cm³/mol. The van der Waals surface area contributed by atoms with Crippen LogP contribution in [0, 0.1) is 5.82 Å². The Morgan fingerprint density at radius 1 is 1.23 bits per heavy atom. The fourth-order valence-corrected chi connectivity index (χ4v) is 2.30. The highest BCUT2D eigenvalue weighted by atomic mass is 79.9. The molecule has 1 aromatic carbocycles. The van der Waals surface area contributed by atoms with Crippen LogP contribution in [-0.2, 0) is 0 Å². The van der Waals surface area contributed by atoms with Crippen LogP contribution in [0.4, 0.5) is 4.39 Å². The average Bonchev–Trinajstić information content (AvgIpc) is 2.53. The fourth-order valence-electron chi connectivity index (χ4n) is 1.15. The number of halogens is 2. The molecule has 0 bridgehead atoms. The molecule has 0 radical (unpaired) electrons. The van der Waals surface area contributed by atoms with E-state index in [0.717, 1.165) is 9.35 Å².